The van der Waals surface area contributed by atoms with Gasteiger partial charge in [-0.3, -0.25) is 9.59 Å². The van der Waals surface area contributed by atoms with E-state index < -0.39 is 0 Å². The maximum absolute atomic E-state index is 12.4. The highest BCUT2D eigenvalue weighted by Crippen LogP contribution is 2.17. The lowest BCUT2D eigenvalue weighted by atomic mass is 10.1. The lowest BCUT2D eigenvalue weighted by Crippen LogP contribution is -2.15. The van der Waals surface area contributed by atoms with Crippen molar-refractivity contribution in [2.24, 2.45) is 0 Å². The average Bonchev–Trinajstić information content (AvgIpc) is 2.93. The van der Waals surface area contributed by atoms with Crippen LogP contribution in [0.15, 0.2) is 94.8 Å². The number of unbranched alkanes of at least 4 members (excludes halogenated alkanes) is 3. The van der Waals surface area contributed by atoms with Gasteiger partial charge in [-0.25, -0.2) is 0 Å². The summed E-state index contributed by atoms with van der Waals surface area (Å²) in [4.78, 5) is 24.8. The Labute approximate surface area is 224 Å². The van der Waals surface area contributed by atoms with Crippen molar-refractivity contribution in [2.75, 3.05) is 0 Å². The number of nitrogens with zero attached hydrogens (tertiary/aromatic N) is 2. The first-order valence-electron chi connectivity index (χ1n) is 13.3. The molecule has 2 aromatic heterocycles. The van der Waals surface area contributed by atoms with Crippen molar-refractivity contribution in [1.82, 2.24) is 9.13 Å². The minimum Gasteiger partial charge on any atom is -0.483 e. The number of benzene rings is 2. The number of ether oxygens (including phenoxy) is 2. The minimum absolute atomic E-state index is 0.0849. The quantitative estimate of drug-likeness (QED) is 0.205. The van der Waals surface area contributed by atoms with E-state index in [1.165, 1.54) is 0 Å². The summed E-state index contributed by atoms with van der Waals surface area (Å²) in [5, 5.41) is 0. The standard InChI is InChI=1S/C32H36N2O4/c1-25-31(37-23-27-13-7-5-8-14-27)29(35)17-21-33(25)19-11-3-4-12-20-34-22-18-30(36)32(26(34)2)38-24-28-15-9-6-10-16-28/h5-10,13-18,21-22H,3-4,11-12,19-20,23-24H2,1-2H3. The summed E-state index contributed by atoms with van der Waals surface area (Å²) >= 11 is 0. The van der Waals surface area contributed by atoms with E-state index in [0.717, 1.165) is 61.3 Å². The first-order chi connectivity index (χ1) is 18.5. The van der Waals surface area contributed by atoms with Gasteiger partial charge in [0.25, 0.3) is 0 Å². The lowest BCUT2D eigenvalue weighted by molar-refractivity contribution is 0.296. The molecule has 4 aromatic rings. The minimum atomic E-state index is -0.0849. The number of aromatic nitrogens is 2. The van der Waals surface area contributed by atoms with Crippen molar-refractivity contribution in [1.29, 1.82) is 0 Å². The summed E-state index contributed by atoms with van der Waals surface area (Å²) < 4.78 is 16.0. The average molecular weight is 513 g/mol. The van der Waals surface area contributed by atoms with Crippen molar-refractivity contribution in [2.45, 2.75) is 65.8 Å². The van der Waals surface area contributed by atoms with E-state index in [2.05, 4.69) is 9.13 Å². The predicted octanol–water partition coefficient (Wildman–Crippen LogP) is 6.05. The molecule has 0 amide bonds. The summed E-state index contributed by atoms with van der Waals surface area (Å²) in [6.45, 7) is 6.32. The normalized spacial score (nSPS) is 10.9. The second-order valence-electron chi connectivity index (χ2n) is 9.54. The van der Waals surface area contributed by atoms with E-state index in [1.54, 1.807) is 12.1 Å². The molecule has 0 radical (unpaired) electrons. The van der Waals surface area contributed by atoms with E-state index in [4.69, 9.17) is 9.47 Å². The zero-order chi connectivity index (χ0) is 26.7. The number of rotatable bonds is 13. The SMILES string of the molecule is Cc1c(OCc2ccccc2)c(=O)ccn1CCCCCCn1ccc(=O)c(OCc2ccccc2)c1C. The molecule has 0 fully saturated rings. The first-order valence-corrected chi connectivity index (χ1v) is 13.3. The molecule has 0 N–H and O–H groups in total. The van der Waals surface area contributed by atoms with Crippen LogP contribution in [0.2, 0.25) is 0 Å². The van der Waals surface area contributed by atoms with Gasteiger partial charge in [0.05, 0.1) is 11.4 Å². The fraction of sp³-hybridized carbons (Fsp3) is 0.312. The second kappa shape index (κ2) is 13.5. The molecule has 0 spiro atoms. The highest BCUT2D eigenvalue weighted by molar-refractivity contribution is 5.29. The molecule has 0 unspecified atom stereocenters. The van der Waals surface area contributed by atoms with Gasteiger partial charge in [0.1, 0.15) is 13.2 Å². The monoisotopic (exact) mass is 512 g/mol. The summed E-state index contributed by atoms with van der Waals surface area (Å²) in [5.74, 6) is 0.852. The van der Waals surface area contributed by atoms with E-state index in [0.29, 0.717) is 24.7 Å². The molecular weight excluding hydrogens is 476 g/mol. The Balaban J connectivity index is 1.24. The van der Waals surface area contributed by atoms with Crippen molar-refractivity contribution < 1.29 is 9.47 Å². The molecular formula is C32H36N2O4. The Morgan fingerprint density at radius 2 is 0.947 bits per heavy atom. The summed E-state index contributed by atoms with van der Waals surface area (Å²) in [6.07, 6.45) is 7.87. The van der Waals surface area contributed by atoms with Crippen LogP contribution < -0.4 is 20.3 Å². The smallest absolute Gasteiger partial charge is 0.223 e. The zero-order valence-corrected chi connectivity index (χ0v) is 22.3. The Kier molecular flexibility index (Phi) is 9.57. The van der Waals surface area contributed by atoms with Gasteiger partial charge in [0.2, 0.25) is 10.9 Å². The summed E-state index contributed by atoms with van der Waals surface area (Å²) in [5.41, 5.74) is 3.63. The molecule has 4 rings (SSSR count). The Bertz CT molecular complexity index is 1310. The predicted molar refractivity (Wildman–Crippen MR) is 151 cm³/mol. The Morgan fingerprint density at radius 1 is 0.553 bits per heavy atom. The van der Waals surface area contributed by atoms with Gasteiger partial charge in [-0.1, -0.05) is 73.5 Å². The van der Waals surface area contributed by atoms with E-state index in [-0.39, 0.29) is 10.9 Å². The molecule has 0 saturated heterocycles. The molecule has 6 nitrogen and oxygen atoms in total. The molecule has 0 aliphatic heterocycles. The molecule has 0 atom stereocenters. The maximum atomic E-state index is 12.4. The molecule has 38 heavy (non-hydrogen) atoms. The van der Waals surface area contributed by atoms with Crippen LogP contribution >= 0.6 is 0 Å². The van der Waals surface area contributed by atoms with Crippen molar-refractivity contribution in [3.63, 3.8) is 0 Å². The Hall–Kier alpha value is -4.06. The van der Waals surface area contributed by atoms with Crippen LogP contribution in [-0.2, 0) is 26.3 Å². The third-order valence-corrected chi connectivity index (χ3v) is 6.78. The largest absolute Gasteiger partial charge is 0.483 e. The van der Waals surface area contributed by atoms with Crippen LogP contribution in [-0.4, -0.2) is 9.13 Å². The van der Waals surface area contributed by atoms with Crippen molar-refractivity contribution >= 4 is 0 Å². The highest BCUT2D eigenvalue weighted by atomic mass is 16.5. The van der Waals surface area contributed by atoms with E-state index in [1.807, 2.05) is 86.9 Å². The van der Waals surface area contributed by atoms with Crippen LogP contribution in [0.4, 0.5) is 0 Å². The van der Waals surface area contributed by atoms with Gasteiger partial charge < -0.3 is 18.6 Å². The molecule has 2 aromatic carbocycles. The zero-order valence-electron chi connectivity index (χ0n) is 22.3. The topological polar surface area (TPSA) is 62.5 Å². The van der Waals surface area contributed by atoms with Gasteiger partial charge in [-0.05, 0) is 37.8 Å². The first kappa shape index (κ1) is 27.0. The Morgan fingerprint density at radius 3 is 1.34 bits per heavy atom. The maximum Gasteiger partial charge on any atom is 0.223 e. The van der Waals surface area contributed by atoms with Gasteiger partial charge in [0, 0.05) is 37.6 Å². The molecule has 0 saturated carbocycles. The number of hydrogen-bond acceptors (Lipinski definition) is 4. The van der Waals surface area contributed by atoms with Gasteiger partial charge in [-0.2, -0.15) is 0 Å². The lowest BCUT2D eigenvalue weighted by Gasteiger charge is -2.16. The van der Waals surface area contributed by atoms with Crippen molar-refractivity contribution in [3.05, 3.63) is 128 Å². The number of pyridine rings is 2. The third-order valence-electron chi connectivity index (χ3n) is 6.78. The van der Waals surface area contributed by atoms with Crippen LogP contribution in [0.5, 0.6) is 11.5 Å². The van der Waals surface area contributed by atoms with Crippen molar-refractivity contribution in [3.8, 4) is 11.5 Å². The molecule has 0 aliphatic rings. The van der Waals surface area contributed by atoms with Gasteiger partial charge >= 0.3 is 0 Å². The molecule has 6 heteroatoms. The van der Waals surface area contributed by atoms with E-state index >= 15 is 0 Å². The second-order valence-corrected chi connectivity index (χ2v) is 9.54. The highest BCUT2D eigenvalue weighted by Gasteiger charge is 2.10. The fourth-order valence-corrected chi connectivity index (χ4v) is 4.52. The fourth-order valence-electron chi connectivity index (χ4n) is 4.52. The summed E-state index contributed by atoms with van der Waals surface area (Å²) in [6, 6.07) is 22.9. The van der Waals surface area contributed by atoms with Crippen LogP contribution in [0.3, 0.4) is 0 Å². The molecule has 0 bridgehead atoms. The van der Waals surface area contributed by atoms with Crippen LogP contribution in [0.25, 0.3) is 0 Å². The third kappa shape index (κ3) is 7.25. The van der Waals surface area contributed by atoms with E-state index in [9.17, 15) is 9.59 Å². The van der Waals surface area contributed by atoms with Gasteiger partial charge in [0.15, 0.2) is 11.5 Å². The molecule has 198 valence electrons. The summed E-state index contributed by atoms with van der Waals surface area (Å²) in [7, 11) is 0. The number of aryl methyl sites for hydroxylation is 2. The van der Waals surface area contributed by atoms with Crippen LogP contribution in [0.1, 0.15) is 48.2 Å². The van der Waals surface area contributed by atoms with Gasteiger partial charge in [-0.15, -0.1) is 0 Å². The number of hydrogen-bond donors (Lipinski definition) is 0. The molecule has 0 aliphatic carbocycles. The van der Waals surface area contributed by atoms with Crippen LogP contribution in [0, 0.1) is 13.8 Å². The molecule has 2 heterocycles.